The lowest BCUT2D eigenvalue weighted by atomic mass is 9.66. The van der Waals surface area contributed by atoms with Gasteiger partial charge in [-0.1, -0.05) is 121 Å². The van der Waals surface area contributed by atoms with E-state index in [2.05, 4.69) is 216 Å². The average molecular weight is 667 g/mol. The van der Waals surface area contributed by atoms with Crippen molar-refractivity contribution < 1.29 is 4.74 Å². The zero-order valence-corrected chi connectivity index (χ0v) is 28.4. The van der Waals surface area contributed by atoms with Gasteiger partial charge >= 0.3 is 0 Å². The zero-order valence-electron chi connectivity index (χ0n) is 28.4. The van der Waals surface area contributed by atoms with Gasteiger partial charge in [0.25, 0.3) is 0 Å². The first-order valence-electron chi connectivity index (χ1n) is 17.8. The van der Waals surface area contributed by atoms with E-state index in [4.69, 9.17) is 4.74 Å². The highest BCUT2D eigenvalue weighted by molar-refractivity contribution is 5.93. The molecule has 1 heterocycles. The molecular weight excluding hydrogens is 633 g/mol. The first-order valence-corrected chi connectivity index (χ1v) is 17.8. The molecule has 0 N–H and O–H groups in total. The molecule has 0 amide bonds. The molecule has 8 aromatic rings. The molecule has 1 spiro atoms. The summed E-state index contributed by atoms with van der Waals surface area (Å²) in [5.74, 6) is 1.75. The quantitative estimate of drug-likeness (QED) is 0.176. The van der Waals surface area contributed by atoms with E-state index < -0.39 is 5.41 Å². The summed E-state index contributed by atoms with van der Waals surface area (Å²) in [6.45, 7) is 0. The van der Waals surface area contributed by atoms with Gasteiger partial charge in [0.2, 0.25) is 0 Å². The number of hydrogen-bond donors (Lipinski definition) is 0. The maximum Gasteiger partial charge on any atom is 0.132 e. The van der Waals surface area contributed by atoms with E-state index in [1.807, 2.05) is 0 Å². The maximum absolute atomic E-state index is 6.71. The van der Waals surface area contributed by atoms with Crippen LogP contribution >= 0.6 is 0 Å². The predicted octanol–water partition coefficient (Wildman–Crippen LogP) is 13.1. The van der Waals surface area contributed by atoms with E-state index in [-0.39, 0.29) is 0 Å². The number of rotatable bonds is 6. The largest absolute Gasteiger partial charge is 0.457 e. The predicted molar refractivity (Wildman–Crippen MR) is 213 cm³/mol. The molecule has 10 rings (SSSR count). The Hall–Kier alpha value is -6.84. The van der Waals surface area contributed by atoms with Crippen LogP contribution in [-0.4, -0.2) is 0 Å². The highest BCUT2D eigenvalue weighted by atomic mass is 16.5. The normalized spacial score (nSPS) is 12.9. The number of para-hydroxylation sites is 6. The Labute approximate surface area is 304 Å². The lowest BCUT2D eigenvalue weighted by molar-refractivity contribution is 0.436. The fourth-order valence-electron chi connectivity index (χ4n) is 8.36. The Kier molecular flexibility index (Phi) is 7.04. The monoisotopic (exact) mass is 666 g/mol. The third kappa shape index (κ3) is 4.60. The minimum absolute atomic E-state index is 0.639. The summed E-state index contributed by atoms with van der Waals surface area (Å²) in [6.07, 6.45) is 0. The minimum Gasteiger partial charge on any atom is -0.457 e. The van der Waals surface area contributed by atoms with Crippen molar-refractivity contribution in [3.05, 3.63) is 229 Å². The average Bonchev–Trinajstić information content (AvgIpc) is 3.49. The molecule has 0 unspecified atom stereocenters. The fraction of sp³-hybridized carbons (Fsp3) is 0.0204. The molecule has 52 heavy (non-hydrogen) atoms. The van der Waals surface area contributed by atoms with E-state index in [0.717, 1.165) is 56.8 Å². The van der Waals surface area contributed by atoms with Crippen LogP contribution in [0, 0.1) is 0 Å². The van der Waals surface area contributed by atoms with Crippen LogP contribution in [0.4, 0.5) is 34.1 Å². The smallest absolute Gasteiger partial charge is 0.132 e. The number of ether oxygens (including phenoxy) is 1. The third-order valence-electron chi connectivity index (χ3n) is 10.5. The molecule has 0 saturated heterocycles. The molecule has 0 bridgehead atoms. The second kappa shape index (κ2) is 12.2. The summed E-state index contributed by atoms with van der Waals surface area (Å²) in [6, 6.07) is 73.7. The fourth-order valence-corrected chi connectivity index (χ4v) is 8.36. The van der Waals surface area contributed by atoms with E-state index in [9.17, 15) is 0 Å². The van der Waals surface area contributed by atoms with Crippen molar-refractivity contribution in [2.75, 3.05) is 9.80 Å². The van der Waals surface area contributed by atoms with Crippen LogP contribution < -0.4 is 14.5 Å². The summed E-state index contributed by atoms with van der Waals surface area (Å²) in [5, 5.41) is 0. The Morgan fingerprint density at radius 3 is 0.981 bits per heavy atom. The van der Waals surface area contributed by atoms with Crippen LogP contribution in [-0.2, 0) is 5.41 Å². The van der Waals surface area contributed by atoms with Crippen LogP contribution in [0.2, 0.25) is 0 Å². The van der Waals surface area contributed by atoms with Crippen LogP contribution in [0.1, 0.15) is 22.3 Å². The third-order valence-corrected chi connectivity index (χ3v) is 10.5. The first-order chi connectivity index (χ1) is 25.8. The Balaban J connectivity index is 1.27. The highest BCUT2D eigenvalue weighted by Crippen LogP contribution is 2.63. The van der Waals surface area contributed by atoms with Gasteiger partial charge in [0.1, 0.15) is 11.5 Å². The van der Waals surface area contributed by atoms with Crippen molar-refractivity contribution in [2.24, 2.45) is 0 Å². The molecule has 3 nitrogen and oxygen atoms in total. The van der Waals surface area contributed by atoms with Crippen molar-refractivity contribution in [3.8, 4) is 22.6 Å². The minimum atomic E-state index is -0.639. The van der Waals surface area contributed by atoms with Crippen molar-refractivity contribution in [3.63, 3.8) is 0 Å². The van der Waals surface area contributed by atoms with E-state index in [1.165, 1.54) is 22.3 Å². The van der Waals surface area contributed by atoms with E-state index in [1.54, 1.807) is 0 Å². The van der Waals surface area contributed by atoms with Crippen molar-refractivity contribution in [1.82, 2.24) is 0 Å². The van der Waals surface area contributed by atoms with Crippen molar-refractivity contribution in [1.29, 1.82) is 0 Å². The topological polar surface area (TPSA) is 15.7 Å². The van der Waals surface area contributed by atoms with Crippen molar-refractivity contribution >= 4 is 34.1 Å². The molecule has 3 heteroatoms. The summed E-state index contributed by atoms with van der Waals surface area (Å²) in [5.41, 5.74) is 13.2. The highest BCUT2D eigenvalue weighted by Gasteiger charge is 2.51. The molecule has 246 valence electrons. The van der Waals surface area contributed by atoms with Gasteiger partial charge in [-0.05, 0) is 107 Å². The van der Waals surface area contributed by atoms with E-state index in [0.29, 0.717) is 0 Å². The lowest BCUT2D eigenvalue weighted by Crippen LogP contribution is -2.32. The Bertz CT molecular complexity index is 2290. The number of benzene rings is 8. The molecule has 0 aromatic heterocycles. The number of fused-ring (bicyclic) bond motifs is 9. The van der Waals surface area contributed by atoms with Gasteiger partial charge < -0.3 is 14.5 Å². The summed E-state index contributed by atoms with van der Waals surface area (Å²) < 4.78 is 6.71. The molecule has 0 saturated carbocycles. The Morgan fingerprint density at radius 2 is 0.615 bits per heavy atom. The zero-order chi connectivity index (χ0) is 34.5. The van der Waals surface area contributed by atoms with Crippen LogP contribution in [0.25, 0.3) is 11.1 Å². The summed E-state index contributed by atoms with van der Waals surface area (Å²) in [7, 11) is 0. The number of anilines is 6. The van der Waals surface area contributed by atoms with Gasteiger partial charge in [0.05, 0.1) is 5.41 Å². The molecule has 0 fully saturated rings. The number of hydrogen-bond acceptors (Lipinski definition) is 3. The molecule has 1 aliphatic heterocycles. The standard InChI is InChI=1S/C49H34N2O/c1-5-17-35(18-6-1)50(36-19-7-2-8-20-36)39-29-31-41-42-32-30-40(51(37-21-9-3-10-22-37)38-23-11-4-12-24-38)34-46(42)49(45(41)33-39)43-25-13-15-27-47(43)52-48-28-16-14-26-44(48)49/h1-34H. The SMILES string of the molecule is c1ccc(N(c2ccccc2)c2ccc3c(c2)C2(c4ccccc4Oc4ccccc42)c2cc(N(c4ccccc4)c4ccccc4)ccc2-3)cc1. The summed E-state index contributed by atoms with van der Waals surface area (Å²) in [4.78, 5) is 4.71. The molecule has 8 aromatic carbocycles. The Morgan fingerprint density at radius 1 is 0.288 bits per heavy atom. The van der Waals surface area contributed by atoms with Crippen LogP contribution in [0.3, 0.4) is 0 Å². The maximum atomic E-state index is 6.71. The molecule has 2 aliphatic rings. The second-order valence-electron chi connectivity index (χ2n) is 13.3. The molecular formula is C49H34N2O. The first kappa shape index (κ1) is 30.0. The lowest BCUT2D eigenvalue weighted by Gasteiger charge is -2.40. The van der Waals surface area contributed by atoms with Gasteiger partial charge in [-0.15, -0.1) is 0 Å². The second-order valence-corrected chi connectivity index (χ2v) is 13.3. The number of nitrogens with zero attached hydrogens (tertiary/aromatic N) is 2. The molecule has 0 atom stereocenters. The van der Waals surface area contributed by atoms with Gasteiger partial charge in [-0.2, -0.15) is 0 Å². The van der Waals surface area contributed by atoms with Crippen LogP contribution in [0.15, 0.2) is 206 Å². The van der Waals surface area contributed by atoms with Gasteiger partial charge in [0, 0.05) is 45.3 Å². The van der Waals surface area contributed by atoms with E-state index >= 15 is 0 Å². The van der Waals surface area contributed by atoms with Crippen molar-refractivity contribution in [2.45, 2.75) is 5.41 Å². The van der Waals surface area contributed by atoms with Gasteiger partial charge in [-0.25, -0.2) is 0 Å². The van der Waals surface area contributed by atoms with Crippen LogP contribution in [0.5, 0.6) is 11.5 Å². The molecule has 0 radical (unpaired) electrons. The summed E-state index contributed by atoms with van der Waals surface area (Å²) >= 11 is 0. The van der Waals surface area contributed by atoms with Gasteiger partial charge in [-0.3, -0.25) is 0 Å². The van der Waals surface area contributed by atoms with Gasteiger partial charge in [0.15, 0.2) is 0 Å². The molecule has 1 aliphatic carbocycles.